The van der Waals surface area contributed by atoms with Gasteiger partial charge in [-0.15, -0.1) is 11.3 Å². The van der Waals surface area contributed by atoms with Crippen molar-refractivity contribution in [2.24, 2.45) is 7.05 Å². The molecule has 8 nitrogen and oxygen atoms in total. The monoisotopic (exact) mass is 348 g/mol. The number of thiazole rings is 1. The quantitative estimate of drug-likeness (QED) is 0.883. The van der Waals surface area contributed by atoms with Crippen LogP contribution in [0.4, 0.5) is 15.6 Å². The molecule has 1 aliphatic rings. The van der Waals surface area contributed by atoms with Crippen molar-refractivity contribution in [1.29, 1.82) is 0 Å². The number of aromatic nitrogens is 3. The second-order valence-electron chi connectivity index (χ2n) is 6.02. The van der Waals surface area contributed by atoms with E-state index in [1.807, 2.05) is 0 Å². The Bertz CT molecular complexity index is 753. The van der Waals surface area contributed by atoms with Crippen LogP contribution >= 0.6 is 11.3 Å². The summed E-state index contributed by atoms with van der Waals surface area (Å²) < 4.78 is 1.64. The van der Waals surface area contributed by atoms with Crippen LogP contribution in [0.1, 0.15) is 31.1 Å². The molecule has 0 aromatic carbocycles. The van der Waals surface area contributed by atoms with Gasteiger partial charge in [0.2, 0.25) is 5.91 Å². The van der Waals surface area contributed by atoms with Crippen LogP contribution < -0.4 is 15.5 Å². The number of carbonyl (C=O) groups is 2. The number of carbonyl (C=O) groups excluding carboxylic acids is 2. The van der Waals surface area contributed by atoms with Crippen molar-refractivity contribution < 1.29 is 9.59 Å². The van der Waals surface area contributed by atoms with Crippen molar-refractivity contribution >= 4 is 34.1 Å². The van der Waals surface area contributed by atoms with Crippen molar-refractivity contribution in [3.05, 3.63) is 23.5 Å². The normalized spacial score (nSPS) is 17.6. The molecule has 24 heavy (non-hydrogen) atoms. The Labute approximate surface area is 143 Å². The Morgan fingerprint density at radius 1 is 1.42 bits per heavy atom. The lowest BCUT2D eigenvalue weighted by molar-refractivity contribution is -0.118. The molecule has 1 aliphatic heterocycles. The molecule has 1 atom stereocenters. The molecular weight excluding hydrogens is 328 g/mol. The van der Waals surface area contributed by atoms with Gasteiger partial charge in [0.15, 0.2) is 5.13 Å². The number of amides is 3. The molecule has 1 saturated heterocycles. The molecule has 9 heteroatoms. The lowest BCUT2D eigenvalue weighted by atomic mass is 10.2. The van der Waals surface area contributed by atoms with Gasteiger partial charge in [0.05, 0.1) is 11.9 Å². The van der Waals surface area contributed by atoms with E-state index >= 15 is 0 Å². The van der Waals surface area contributed by atoms with Gasteiger partial charge in [-0.25, -0.2) is 9.78 Å². The Morgan fingerprint density at radius 2 is 2.21 bits per heavy atom. The second kappa shape index (κ2) is 6.60. The van der Waals surface area contributed by atoms with E-state index < -0.39 is 12.1 Å². The molecule has 128 valence electrons. The van der Waals surface area contributed by atoms with Crippen LogP contribution in [0, 0.1) is 0 Å². The Balaban J connectivity index is 1.57. The van der Waals surface area contributed by atoms with Crippen molar-refractivity contribution in [2.75, 3.05) is 16.8 Å². The van der Waals surface area contributed by atoms with Gasteiger partial charge in [0, 0.05) is 30.9 Å². The summed E-state index contributed by atoms with van der Waals surface area (Å²) in [6.45, 7) is 4.70. The van der Waals surface area contributed by atoms with Gasteiger partial charge in [-0.3, -0.25) is 14.8 Å². The fraction of sp³-hybridized carbons (Fsp3) is 0.467. The smallest absolute Gasteiger partial charge is 0.321 e. The highest BCUT2D eigenvalue weighted by Gasteiger charge is 2.34. The topological polar surface area (TPSA) is 92.2 Å². The lowest BCUT2D eigenvalue weighted by Gasteiger charge is -2.15. The molecule has 3 amide bonds. The van der Waals surface area contributed by atoms with Crippen LogP contribution in [0.15, 0.2) is 18.6 Å². The van der Waals surface area contributed by atoms with Gasteiger partial charge in [0.25, 0.3) is 0 Å². The number of hydrogen-bond donors (Lipinski definition) is 2. The predicted octanol–water partition coefficient (Wildman–Crippen LogP) is 1.93. The summed E-state index contributed by atoms with van der Waals surface area (Å²) in [4.78, 5) is 31.4. The third kappa shape index (κ3) is 3.40. The van der Waals surface area contributed by atoms with Gasteiger partial charge in [0.1, 0.15) is 6.04 Å². The molecule has 0 saturated carbocycles. The number of nitrogens with one attached hydrogen (secondary N) is 2. The molecule has 1 unspecified atom stereocenters. The van der Waals surface area contributed by atoms with E-state index in [1.165, 1.54) is 11.3 Å². The predicted molar refractivity (Wildman–Crippen MR) is 92.3 cm³/mol. The SMILES string of the molecule is CC(C)c1cnc(NC(=O)NC2CCN(c3cnn(C)c3)C2=O)s1. The largest absolute Gasteiger partial charge is 0.326 e. The molecule has 3 heterocycles. The summed E-state index contributed by atoms with van der Waals surface area (Å²) >= 11 is 1.44. The number of rotatable bonds is 4. The summed E-state index contributed by atoms with van der Waals surface area (Å²) in [5.41, 5.74) is 0.744. The van der Waals surface area contributed by atoms with Crippen LogP contribution in [-0.4, -0.2) is 39.3 Å². The zero-order valence-corrected chi connectivity index (χ0v) is 14.6. The number of anilines is 2. The first-order chi connectivity index (χ1) is 11.4. The minimum atomic E-state index is -0.533. The molecule has 1 fully saturated rings. The highest BCUT2D eigenvalue weighted by atomic mass is 32.1. The van der Waals surface area contributed by atoms with E-state index in [4.69, 9.17) is 0 Å². The summed E-state index contributed by atoms with van der Waals surface area (Å²) in [5, 5.41) is 10.0. The molecular formula is C15H20N6O2S. The first-order valence-corrected chi connectivity index (χ1v) is 8.59. The van der Waals surface area contributed by atoms with Crippen LogP contribution in [-0.2, 0) is 11.8 Å². The highest BCUT2D eigenvalue weighted by molar-refractivity contribution is 7.15. The maximum Gasteiger partial charge on any atom is 0.321 e. The maximum atomic E-state index is 12.4. The van der Waals surface area contributed by atoms with E-state index in [2.05, 4.69) is 34.6 Å². The number of nitrogens with zero attached hydrogens (tertiary/aromatic N) is 4. The zero-order valence-electron chi connectivity index (χ0n) is 13.8. The summed E-state index contributed by atoms with van der Waals surface area (Å²) in [5.74, 6) is 0.241. The summed E-state index contributed by atoms with van der Waals surface area (Å²) in [6, 6.07) is -0.944. The third-order valence-corrected chi connectivity index (χ3v) is 5.04. The van der Waals surface area contributed by atoms with Gasteiger partial charge in [-0.1, -0.05) is 13.8 Å². The molecule has 3 rings (SSSR count). The van der Waals surface area contributed by atoms with Crippen LogP contribution in [0.2, 0.25) is 0 Å². The highest BCUT2D eigenvalue weighted by Crippen LogP contribution is 2.25. The van der Waals surface area contributed by atoms with E-state index in [0.29, 0.717) is 24.0 Å². The summed E-state index contributed by atoms with van der Waals surface area (Å²) in [6.07, 6.45) is 5.75. The maximum absolute atomic E-state index is 12.4. The van der Waals surface area contributed by atoms with Gasteiger partial charge >= 0.3 is 6.03 Å². The van der Waals surface area contributed by atoms with E-state index in [1.54, 1.807) is 35.2 Å². The number of hydrogen-bond acceptors (Lipinski definition) is 5. The van der Waals surface area contributed by atoms with Crippen molar-refractivity contribution in [3.8, 4) is 0 Å². The number of urea groups is 1. The van der Waals surface area contributed by atoms with E-state index in [-0.39, 0.29) is 5.91 Å². The molecule has 0 radical (unpaired) electrons. The Hall–Kier alpha value is -2.42. The van der Waals surface area contributed by atoms with Crippen molar-refractivity contribution in [1.82, 2.24) is 20.1 Å². The zero-order chi connectivity index (χ0) is 17.3. The fourth-order valence-electron chi connectivity index (χ4n) is 2.52. The minimum Gasteiger partial charge on any atom is -0.326 e. The third-order valence-electron chi connectivity index (χ3n) is 3.83. The molecule has 0 bridgehead atoms. The molecule has 0 spiro atoms. The molecule has 2 aromatic heterocycles. The second-order valence-corrected chi connectivity index (χ2v) is 7.09. The Kier molecular flexibility index (Phi) is 4.52. The van der Waals surface area contributed by atoms with Gasteiger partial charge in [-0.05, 0) is 12.3 Å². The molecule has 2 N–H and O–H groups in total. The van der Waals surface area contributed by atoms with Crippen LogP contribution in [0.5, 0.6) is 0 Å². The van der Waals surface area contributed by atoms with Crippen LogP contribution in [0.25, 0.3) is 0 Å². The van der Waals surface area contributed by atoms with Crippen LogP contribution in [0.3, 0.4) is 0 Å². The van der Waals surface area contributed by atoms with E-state index in [0.717, 1.165) is 10.6 Å². The molecule has 0 aliphatic carbocycles. The van der Waals surface area contributed by atoms with E-state index in [9.17, 15) is 9.59 Å². The average Bonchev–Trinajstić information content (AvgIpc) is 3.22. The number of aryl methyl sites for hydroxylation is 1. The minimum absolute atomic E-state index is 0.125. The Morgan fingerprint density at radius 3 is 2.83 bits per heavy atom. The van der Waals surface area contributed by atoms with Crippen molar-refractivity contribution in [2.45, 2.75) is 32.2 Å². The van der Waals surface area contributed by atoms with Gasteiger partial charge < -0.3 is 10.2 Å². The van der Waals surface area contributed by atoms with Crippen molar-refractivity contribution in [3.63, 3.8) is 0 Å². The fourth-order valence-corrected chi connectivity index (χ4v) is 3.33. The first kappa shape index (κ1) is 16.4. The molecule has 2 aromatic rings. The summed E-state index contributed by atoms with van der Waals surface area (Å²) in [7, 11) is 1.80. The standard InChI is InChI=1S/C15H20N6O2S/c1-9(2)12-7-16-15(24-12)19-14(23)18-11-4-5-21(13(11)22)10-6-17-20(3)8-10/h6-9,11H,4-5H2,1-3H3,(H2,16,18,19,23). The van der Waals surface area contributed by atoms with Gasteiger partial charge in [-0.2, -0.15) is 5.10 Å². The lowest BCUT2D eigenvalue weighted by Crippen LogP contribution is -2.43. The first-order valence-electron chi connectivity index (χ1n) is 7.77. The average molecular weight is 348 g/mol.